The van der Waals surface area contributed by atoms with Gasteiger partial charge in [0.1, 0.15) is 23.8 Å². The van der Waals surface area contributed by atoms with Gasteiger partial charge < -0.3 is 10.2 Å². The second kappa shape index (κ2) is 8.84. The molecule has 180 valence electrons. The molecule has 1 aromatic carbocycles. The Balaban J connectivity index is 1.28. The number of hydrogen-bond acceptors (Lipinski definition) is 6. The Hall–Kier alpha value is -3.24. The molecule has 0 amide bonds. The van der Waals surface area contributed by atoms with Gasteiger partial charge in [-0.05, 0) is 50.3 Å². The molecule has 1 saturated heterocycles. The van der Waals surface area contributed by atoms with E-state index in [-0.39, 0.29) is 11.6 Å². The molecule has 4 heterocycles. The molecule has 0 radical (unpaired) electrons. The monoisotopic (exact) mass is 475 g/mol. The van der Waals surface area contributed by atoms with Crippen molar-refractivity contribution in [3.05, 3.63) is 59.1 Å². The van der Waals surface area contributed by atoms with E-state index in [0.29, 0.717) is 30.8 Å². The third kappa shape index (κ3) is 4.55. The van der Waals surface area contributed by atoms with Gasteiger partial charge in [-0.15, -0.1) is 5.10 Å². The zero-order chi connectivity index (χ0) is 23.9. The van der Waals surface area contributed by atoms with E-state index in [1.165, 1.54) is 6.07 Å². The summed E-state index contributed by atoms with van der Waals surface area (Å²) in [4.78, 5) is 15.3. The highest BCUT2D eigenvalue weighted by Crippen LogP contribution is 2.37. The predicted molar refractivity (Wildman–Crippen MR) is 118 cm³/mol. The molecule has 11 heteroatoms. The van der Waals surface area contributed by atoms with E-state index < -0.39 is 23.5 Å². The topological polar surface area (TPSA) is 71.8 Å². The lowest BCUT2D eigenvalue weighted by molar-refractivity contribution is -0.137. The summed E-state index contributed by atoms with van der Waals surface area (Å²) in [6.45, 7) is 4.26. The van der Waals surface area contributed by atoms with E-state index >= 15 is 0 Å². The minimum absolute atomic E-state index is 0.185. The van der Waals surface area contributed by atoms with Crippen LogP contribution in [-0.4, -0.2) is 43.9 Å². The quantitative estimate of drug-likeness (QED) is 0.559. The van der Waals surface area contributed by atoms with Gasteiger partial charge in [0.15, 0.2) is 0 Å². The van der Waals surface area contributed by atoms with E-state index in [1.54, 1.807) is 11.0 Å². The van der Waals surface area contributed by atoms with Crippen LogP contribution in [0.15, 0.2) is 30.6 Å². The maximum atomic E-state index is 14.7. The summed E-state index contributed by atoms with van der Waals surface area (Å²) in [7, 11) is 0. The third-order valence-corrected chi connectivity index (χ3v) is 6.52. The average molecular weight is 475 g/mol. The van der Waals surface area contributed by atoms with Gasteiger partial charge in [-0.2, -0.15) is 18.2 Å². The highest BCUT2D eigenvalue weighted by Gasteiger charge is 2.34. The number of aromatic nitrogens is 5. The Morgan fingerprint density at radius 1 is 1.03 bits per heavy atom. The minimum atomic E-state index is -4.58. The van der Waals surface area contributed by atoms with Crippen molar-refractivity contribution in [1.29, 1.82) is 0 Å². The minimum Gasteiger partial charge on any atom is -0.356 e. The molecule has 3 aromatic rings. The summed E-state index contributed by atoms with van der Waals surface area (Å²) in [5.74, 6) is 0.690. The van der Waals surface area contributed by atoms with Crippen LogP contribution in [0.2, 0.25) is 0 Å². The van der Waals surface area contributed by atoms with Crippen LogP contribution in [0.5, 0.6) is 0 Å². The van der Waals surface area contributed by atoms with E-state index in [0.717, 1.165) is 49.9 Å². The molecule has 2 aliphatic rings. The fourth-order valence-electron chi connectivity index (χ4n) is 4.74. The van der Waals surface area contributed by atoms with Crippen molar-refractivity contribution in [2.45, 2.75) is 57.3 Å². The lowest BCUT2D eigenvalue weighted by atomic mass is 9.90. The Kier molecular flexibility index (Phi) is 5.86. The lowest BCUT2D eigenvalue weighted by Crippen LogP contribution is -2.39. The van der Waals surface area contributed by atoms with Gasteiger partial charge in [0, 0.05) is 43.4 Å². The second-order valence-corrected chi connectivity index (χ2v) is 8.87. The Labute approximate surface area is 194 Å². The van der Waals surface area contributed by atoms with Crippen molar-refractivity contribution in [3.8, 4) is 0 Å². The van der Waals surface area contributed by atoms with E-state index in [1.807, 2.05) is 13.0 Å². The summed E-state index contributed by atoms with van der Waals surface area (Å²) in [6.07, 6.45) is 0.109. The molecular formula is C23H25F4N7. The van der Waals surface area contributed by atoms with Crippen molar-refractivity contribution in [2.75, 3.05) is 23.3 Å². The highest BCUT2D eigenvalue weighted by atomic mass is 19.4. The molecule has 1 atom stereocenters. The number of benzene rings is 1. The molecule has 7 nitrogen and oxygen atoms in total. The Bertz CT molecular complexity index is 1170. The van der Waals surface area contributed by atoms with E-state index in [4.69, 9.17) is 0 Å². The number of aryl methyl sites for hydroxylation is 2. The SMILES string of the molecule is Cc1cc(N2CCC(Nc3nc4n(n3)CCCC4c3ccc(C(F)(F)F)cc3F)CC2)ncn1. The molecule has 2 aliphatic heterocycles. The third-order valence-electron chi connectivity index (χ3n) is 6.52. The van der Waals surface area contributed by atoms with Gasteiger partial charge in [-0.25, -0.2) is 19.0 Å². The first-order valence-corrected chi connectivity index (χ1v) is 11.4. The summed E-state index contributed by atoms with van der Waals surface area (Å²) in [6, 6.07) is 4.88. The summed E-state index contributed by atoms with van der Waals surface area (Å²) < 4.78 is 55.2. The molecular weight excluding hydrogens is 450 g/mol. The first-order valence-electron chi connectivity index (χ1n) is 11.4. The molecule has 1 unspecified atom stereocenters. The molecule has 1 fully saturated rings. The molecule has 34 heavy (non-hydrogen) atoms. The van der Waals surface area contributed by atoms with Crippen LogP contribution in [0, 0.1) is 12.7 Å². The maximum absolute atomic E-state index is 14.7. The van der Waals surface area contributed by atoms with Crippen molar-refractivity contribution in [3.63, 3.8) is 0 Å². The average Bonchev–Trinajstić information content (AvgIpc) is 3.21. The van der Waals surface area contributed by atoms with Crippen molar-refractivity contribution < 1.29 is 17.6 Å². The van der Waals surface area contributed by atoms with Crippen LogP contribution in [-0.2, 0) is 12.7 Å². The van der Waals surface area contributed by atoms with Gasteiger partial charge in [0.2, 0.25) is 5.95 Å². The van der Waals surface area contributed by atoms with Crippen molar-refractivity contribution >= 4 is 11.8 Å². The van der Waals surface area contributed by atoms with Gasteiger partial charge in [0.05, 0.1) is 5.56 Å². The van der Waals surface area contributed by atoms with Crippen LogP contribution < -0.4 is 10.2 Å². The number of halogens is 4. The zero-order valence-electron chi connectivity index (χ0n) is 18.7. The van der Waals surface area contributed by atoms with Crippen LogP contribution in [0.4, 0.5) is 29.3 Å². The number of alkyl halides is 3. The Morgan fingerprint density at radius 3 is 2.53 bits per heavy atom. The highest BCUT2D eigenvalue weighted by molar-refractivity contribution is 5.40. The standard InChI is InChI=1S/C23H25F4N7/c1-14-11-20(29-13-28-14)33-9-6-16(7-10-33)30-22-31-21-18(3-2-8-34(21)32-22)17-5-4-15(12-19(17)24)23(25,26)27/h4-5,11-13,16,18H,2-3,6-10H2,1H3,(H,30,32). The largest absolute Gasteiger partial charge is 0.416 e. The van der Waals surface area contributed by atoms with Crippen LogP contribution in [0.25, 0.3) is 0 Å². The number of nitrogens with one attached hydrogen (secondary N) is 1. The molecule has 0 aliphatic carbocycles. The number of hydrogen-bond donors (Lipinski definition) is 1. The zero-order valence-corrected chi connectivity index (χ0v) is 18.7. The fraction of sp³-hybridized carbons (Fsp3) is 0.478. The second-order valence-electron chi connectivity index (χ2n) is 8.87. The summed E-state index contributed by atoms with van der Waals surface area (Å²) in [5, 5.41) is 7.95. The first kappa shape index (κ1) is 22.5. The van der Waals surface area contributed by atoms with Crippen molar-refractivity contribution in [1.82, 2.24) is 24.7 Å². The lowest BCUT2D eigenvalue weighted by Gasteiger charge is -2.32. The smallest absolute Gasteiger partial charge is 0.356 e. The number of piperidine rings is 1. The number of nitrogens with zero attached hydrogens (tertiary/aromatic N) is 6. The summed E-state index contributed by atoms with van der Waals surface area (Å²) in [5.41, 5.74) is 0.162. The number of rotatable bonds is 4. The molecule has 0 saturated carbocycles. The van der Waals surface area contributed by atoms with Gasteiger partial charge in [-0.1, -0.05) is 6.07 Å². The van der Waals surface area contributed by atoms with Crippen LogP contribution in [0.3, 0.4) is 0 Å². The molecule has 1 N–H and O–H groups in total. The van der Waals surface area contributed by atoms with Crippen LogP contribution in [0.1, 0.15) is 54.2 Å². The maximum Gasteiger partial charge on any atom is 0.416 e. The molecule has 2 aromatic heterocycles. The van der Waals surface area contributed by atoms with E-state index in [2.05, 4.69) is 30.3 Å². The number of anilines is 2. The van der Waals surface area contributed by atoms with Gasteiger partial charge in [0.25, 0.3) is 0 Å². The number of fused-ring (bicyclic) bond motifs is 1. The molecule has 5 rings (SSSR count). The predicted octanol–water partition coefficient (Wildman–Crippen LogP) is 4.54. The van der Waals surface area contributed by atoms with Gasteiger partial charge >= 0.3 is 6.18 Å². The first-order chi connectivity index (χ1) is 16.3. The van der Waals surface area contributed by atoms with Crippen molar-refractivity contribution in [2.24, 2.45) is 0 Å². The fourth-order valence-corrected chi connectivity index (χ4v) is 4.74. The summed E-state index contributed by atoms with van der Waals surface area (Å²) >= 11 is 0. The van der Waals surface area contributed by atoms with E-state index in [9.17, 15) is 17.6 Å². The normalized spacial score (nSPS) is 19.2. The van der Waals surface area contributed by atoms with Crippen LogP contribution >= 0.6 is 0 Å². The molecule has 0 bridgehead atoms. The molecule has 0 spiro atoms. The Morgan fingerprint density at radius 2 is 1.82 bits per heavy atom. The van der Waals surface area contributed by atoms with Gasteiger partial charge in [-0.3, -0.25) is 0 Å².